The Morgan fingerprint density at radius 1 is 1.19 bits per heavy atom. The van der Waals surface area contributed by atoms with Crippen molar-refractivity contribution in [2.75, 3.05) is 0 Å². The molecule has 0 rings (SSSR count). The van der Waals surface area contributed by atoms with E-state index in [4.69, 9.17) is 0 Å². The number of hydrogen-bond donors (Lipinski definition) is 0. The monoisotopic (exact) mass is 310 g/mol. The Kier molecular flexibility index (Phi) is 10.6. The summed E-state index contributed by atoms with van der Waals surface area (Å²) >= 11 is 0. The standard InChI is InChI=1S/C15H27.Rh/c1-7-13(2)9-8-10-14(3)11-12-15(4,5)6;/h11H,7-8,10,12H2,1-6H3;/q-1;/b14-11+;. The van der Waals surface area contributed by atoms with Gasteiger partial charge in [0.2, 0.25) is 0 Å². The summed E-state index contributed by atoms with van der Waals surface area (Å²) in [5.74, 6) is 0. The van der Waals surface area contributed by atoms with Crippen LogP contribution in [0.2, 0.25) is 0 Å². The van der Waals surface area contributed by atoms with Gasteiger partial charge < -0.3 is 6.08 Å². The molecule has 0 aromatic heterocycles. The Morgan fingerprint density at radius 2 is 1.75 bits per heavy atom. The summed E-state index contributed by atoms with van der Waals surface area (Å²) in [7, 11) is 0. The van der Waals surface area contributed by atoms with E-state index in [0.717, 1.165) is 19.3 Å². The van der Waals surface area contributed by atoms with Gasteiger partial charge in [0, 0.05) is 19.5 Å². The molecule has 0 spiro atoms. The Hall–Kier alpha value is 0.103. The van der Waals surface area contributed by atoms with Crippen LogP contribution in [-0.4, -0.2) is 0 Å². The van der Waals surface area contributed by atoms with Crippen LogP contribution in [-0.2, 0) is 19.5 Å². The average Bonchev–Trinajstić information content (AvgIpc) is 2.13. The van der Waals surface area contributed by atoms with Crippen LogP contribution in [0.15, 0.2) is 17.2 Å². The van der Waals surface area contributed by atoms with Crippen molar-refractivity contribution in [2.24, 2.45) is 5.41 Å². The minimum atomic E-state index is 0. The zero-order chi connectivity index (χ0) is 11.9. The first-order valence-corrected chi connectivity index (χ1v) is 6.07. The molecule has 0 aliphatic heterocycles. The maximum atomic E-state index is 3.44. The van der Waals surface area contributed by atoms with E-state index >= 15 is 0 Å². The predicted octanol–water partition coefficient (Wildman–Crippen LogP) is 5.31. The summed E-state index contributed by atoms with van der Waals surface area (Å²) in [6.07, 6.45) is 10.4. The van der Waals surface area contributed by atoms with E-state index in [0.29, 0.717) is 5.41 Å². The summed E-state index contributed by atoms with van der Waals surface area (Å²) in [6.45, 7) is 13.4. The third-order valence-electron chi connectivity index (χ3n) is 2.54. The van der Waals surface area contributed by atoms with Gasteiger partial charge >= 0.3 is 0 Å². The van der Waals surface area contributed by atoms with Crippen LogP contribution in [0.25, 0.3) is 0 Å². The average molecular weight is 310 g/mol. The van der Waals surface area contributed by atoms with Gasteiger partial charge in [-0.15, -0.1) is 0 Å². The van der Waals surface area contributed by atoms with Gasteiger partial charge in [-0.05, 0) is 18.8 Å². The molecule has 0 fully saturated rings. The smallest absolute Gasteiger partial charge is 0 e. The summed E-state index contributed by atoms with van der Waals surface area (Å²) in [5.41, 5.74) is 3.31. The van der Waals surface area contributed by atoms with Crippen molar-refractivity contribution in [1.29, 1.82) is 0 Å². The molecule has 16 heavy (non-hydrogen) atoms. The topological polar surface area (TPSA) is 0 Å². The van der Waals surface area contributed by atoms with Gasteiger partial charge in [-0.2, -0.15) is 6.42 Å². The zero-order valence-electron chi connectivity index (χ0n) is 11.7. The van der Waals surface area contributed by atoms with Crippen LogP contribution < -0.4 is 0 Å². The first kappa shape index (κ1) is 18.5. The quantitative estimate of drug-likeness (QED) is 0.367. The van der Waals surface area contributed by atoms with Crippen LogP contribution in [0.4, 0.5) is 0 Å². The molecule has 0 aromatic carbocycles. The molecule has 0 aliphatic carbocycles. The molecule has 0 aliphatic rings. The number of rotatable bonds is 5. The van der Waals surface area contributed by atoms with Crippen molar-refractivity contribution in [3.05, 3.63) is 23.3 Å². The van der Waals surface area contributed by atoms with Crippen LogP contribution in [0.3, 0.4) is 0 Å². The summed E-state index contributed by atoms with van der Waals surface area (Å²) in [6, 6.07) is 0. The van der Waals surface area contributed by atoms with Crippen LogP contribution in [0, 0.1) is 11.5 Å². The maximum Gasteiger partial charge on any atom is 0 e. The molecule has 1 heteroatoms. The van der Waals surface area contributed by atoms with Crippen molar-refractivity contribution < 1.29 is 19.5 Å². The van der Waals surface area contributed by atoms with E-state index in [9.17, 15) is 0 Å². The Labute approximate surface area is 115 Å². The Morgan fingerprint density at radius 3 is 2.19 bits per heavy atom. The van der Waals surface area contributed by atoms with E-state index in [1.807, 2.05) is 0 Å². The molecule has 0 N–H and O–H groups in total. The SMILES string of the molecule is CCC(C)=[C-]CC/C(C)=C/CC(C)(C)C.[Rh]. The normalized spacial score (nSPS) is 13.6. The van der Waals surface area contributed by atoms with Gasteiger partial charge in [0.15, 0.2) is 0 Å². The number of allylic oxidation sites excluding steroid dienone is 4. The Balaban J connectivity index is 0. The molecule has 0 bridgehead atoms. The minimum absolute atomic E-state index is 0. The van der Waals surface area contributed by atoms with Crippen molar-refractivity contribution in [1.82, 2.24) is 0 Å². The van der Waals surface area contributed by atoms with Crippen molar-refractivity contribution in [3.8, 4) is 0 Å². The summed E-state index contributed by atoms with van der Waals surface area (Å²) in [4.78, 5) is 0. The third-order valence-corrected chi connectivity index (χ3v) is 2.54. The summed E-state index contributed by atoms with van der Waals surface area (Å²) < 4.78 is 0. The summed E-state index contributed by atoms with van der Waals surface area (Å²) in [5, 5.41) is 0. The van der Waals surface area contributed by atoms with Crippen LogP contribution >= 0.6 is 0 Å². The zero-order valence-corrected chi connectivity index (χ0v) is 13.4. The Bertz CT molecular complexity index is 228. The van der Waals surface area contributed by atoms with E-state index in [2.05, 4.69) is 53.7 Å². The van der Waals surface area contributed by atoms with E-state index < -0.39 is 0 Å². The largest absolute Gasteiger partial charge is 0.497 e. The minimum Gasteiger partial charge on any atom is -0.497 e. The fraction of sp³-hybridized carbons (Fsp3) is 0.733. The fourth-order valence-electron chi connectivity index (χ4n) is 1.18. The van der Waals surface area contributed by atoms with Crippen LogP contribution in [0.5, 0.6) is 0 Å². The van der Waals surface area contributed by atoms with E-state index in [-0.39, 0.29) is 19.5 Å². The first-order chi connectivity index (χ1) is 6.85. The van der Waals surface area contributed by atoms with E-state index in [1.165, 1.54) is 17.6 Å². The second kappa shape index (κ2) is 9.17. The molecule has 0 saturated heterocycles. The van der Waals surface area contributed by atoms with Gasteiger partial charge in [-0.25, -0.2) is 0 Å². The van der Waals surface area contributed by atoms with Crippen LogP contribution in [0.1, 0.15) is 67.2 Å². The van der Waals surface area contributed by atoms with E-state index in [1.54, 1.807) is 0 Å². The number of hydrogen-bond acceptors (Lipinski definition) is 0. The van der Waals surface area contributed by atoms with Crippen molar-refractivity contribution in [2.45, 2.75) is 67.2 Å². The predicted molar refractivity (Wildman–Crippen MR) is 69.8 cm³/mol. The van der Waals surface area contributed by atoms with Crippen molar-refractivity contribution >= 4 is 0 Å². The second-order valence-corrected chi connectivity index (χ2v) is 5.63. The van der Waals surface area contributed by atoms with Crippen molar-refractivity contribution in [3.63, 3.8) is 0 Å². The second-order valence-electron chi connectivity index (χ2n) is 5.63. The molecule has 0 atom stereocenters. The maximum absolute atomic E-state index is 3.44. The molecular weight excluding hydrogens is 283 g/mol. The molecule has 1 radical (unpaired) electrons. The molecule has 0 heterocycles. The molecule has 0 nitrogen and oxygen atoms in total. The van der Waals surface area contributed by atoms with Gasteiger partial charge in [-0.1, -0.05) is 59.1 Å². The molecule has 97 valence electrons. The van der Waals surface area contributed by atoms with Gasteiger partial charge in [0.25, 0.3) is 0 Å². The third kappa shape index (κ3) is 12.2. The molecule has 0 amide bonds. The first-order valence-electron chi connectivity index (χ1n) is 6.07. The molecule has 0 aromatic rings. The van der Waals surface area contributed by atoms with Gasteiger partial charge in [-0.3, -0.25) is 5.57 Å². The molecule has 0 saturated carbocycles. The van der Waals surface area contributed by atoms with Gasteiger partial charge in [0.05, 0.1) is 0 Å². The molecular formula is C15H27Rh-. The fourth-order valence-corrected chi connectivity index (χ4v) is 1.18. The molecule has 0 unspecified atom stereocenters. The van der Waals surface area contributed by atoms with Gasteiger partial charge in [0.1, 0.15) is 0 Å².